The molecule has 102 valence electrons. The molecule has 0 unspecified atom stereocenters. The molecule has 1 amide bonds. The molecule has 19 heavy (non-hydrogen) atoms. The van der Waals surface area contributed by atoms with Gasteiger partial charge in [-0.3, -0.25) is 4.79 Å². The van der Waals surface area contributed by atoms with Gasteiger partial charge in [0.25, 0.3) is 10.0 Å². The van der Waals surface area contributed by atoms with E-state index in [1.165, 1.54) is 23.9 Å². The van der Waals surface area contributed by atoms with Crippen molar-refractivity contribution in [2.24, 2.45) is 0 Å². The minimum atomic E-state index is -3.80. The fraction of sp³-hybridized carbons (Fsp3) is 0.333. The standard InChI is InChI=1S/C12H14N2O3S2/c1-10-3-5-11(6-4-10)19(16,17)14-12(15)9-18-8-2-7-13/h3-6H,2,8-9H2,1H3,(H,14,15). The van der Waals surface area contributed by atoms with Crippen molar-refractivity contribution in [1.29, 1.82) is 5.26 Å². The van der Waals surface area contributed by atoms with Crippen LogP contribution in [0.4, 0.5) is 0 Å². The van der Waals surface area contributed by atoms with Gasteiger partial charge in [0, 0.05) is 12.2 Å². The second kappa shape index (κ2) is 7.16. The van der Waals surface area contributed by atoms with Gasteiger partial charge in [-0.25, -0.2) is 13.1 Å². The molecule has 0 aromatic heterocycles. The predicted molar refractivity (Wildman–Crippen MR) is 74.1 cm³/mol. The lowest BCUT2D eigenvalue weighted by Crippen LogP contribution is -2.32. The van der Waals surface area contributed by atoms with Crippen LogP contribution in [-0.4, -0.2) is 25.8 Å². The van der Waals surface area contributed by atoms with E-state index >= 15 is 0 Å². The maximum absolute atomic E-state index is 11.8. The van der Waals surface area contributed by atoms with Gasteiger partial charge in [-0.2, -0.15) is 17.0 Å². The lowest BCUT2D eigenvalue weighted by Gasteiger charge is -2.06. The van der Waals surface area contributed by atoms with Gasteiger partial charge in [-0.05, 0) is 19.1 Å². The first-order chi connectivity index (χ1) is 8.95. The summed E-state index contributed by atoms with van der Waals surface area (Å²) >= 11 is 1.23. The Bertz CT molecular complexity index is 574. The Morgan fingerprint density at radius 1 is 1.37 bits per heavy atom. The largest absolute Gasteiger partial charge is 0.273 e. The zero-order chi connectivity index (χ0) is 14.3. The van der Waals surface area contributed by atoms with Gasteiger partial charge in [-0.1, -0.05) is 17.7 Å². The number of rotatable bonds is 6. The van der Waals surface area contributed by atoms with Crippen LogP contribution < -0.4 is 4.72 Å². The molecule has 1 rings (SSSR count). The van der Waals surface area contributed by atoms with E-state index in [1.807, 2.05) is 17.7 Å². The average Bonchev–Trinajstić information content (AvgIpc) is 2.34. The number of aryl methyl sites for hydroxylation is 1. The molecular weight excluding hydrogens is 284 g/mol. The van der Waals surface area contributed by atoms with Crippen LogP contribution in [0.2, 0.25) is 0 Å². The molecule has 0 aliphatic heterocycles. The van der Waals surface area contributed by atoms with Crippen LogP contribution in [0.1, 0.15) is 12.0 Å². The molecule has 0 spiro atoms. The van der Waals surface area contributed by atoms with Crippen molar-refractivity contribution in [1.82, 2.24) is 4.72 Å². The minimum absolute atomic E-state index is 0.0206. The third-order valence-electron chi connectivity index (χ3n) is 2.17. The molecule has 5 nitrogen and oxygen atoms in total. The molecule has 0 fully saturated rings. The summed E-state index contributed by atoms with van der Waals surface area (Å²) in [6.07, 6.45) is 0.336. The van der Waals surface area contributed by atoms with Crippen molar-refractivity contribution in [2.45, 2.75) is 18.2 Å². The molecule has 1 aromatic rings. The number of amides is 1. The molecule has 7 heteroatoms. The first-order valence-electron chi connectivity index (χ1n) is 5.53. The number of thioether (sulfide) groups is 1. The fourth-order valence-electron chi connectivity index (χ4n) is 1.24. The Morgan fingerprint density at radius 2 is 2.00 bits per heavy atom. The second-order valence-electron chi connectivity index (χ2n) is 3.80. The van der Waals surface area contributed by atoms with Gasteiger partial charge in [0.2, 0.25) is 5.91 Å². The second-order valence-corrected chi connectivity index (χ2v) is 6.59. The minimum Gasteiger partial charge on any atom is -0.273 e. The number of hydrogen-bond acceptors (Lipinski definition) is 5. The predicted octanol–water partition coefficient (Wildman–Crippen LogP) is 1.45. The van der Waals surface area contributed by atoms with Gasteiger partial charge in [0.1, 0.15) is 0 Å². The van der Waals surface area contributed by atoms with Crippen LogP contribution in [0.3, 0.4) is 0 Å². The third-order valence-corrected chi connectivity index (χ3v) is 4.52. The molecule has 0 heterocycles. The zero-order valence-corrected chi connectivity index (χ0v) is 12.1. The molecule has 0 aliphatic rings. The van der Waals surface area contributed by atoms with Crippen LogP contribution >= 0.6 is 11.8 Å². The number of carbonyl (C=O) groups is 1. The maximum Gasteiger partial charge on any atom is 0.264 e. The number of nitrogens with one attached hydrogen (secondary N) is 1. The van der Waals surface area contributed by atoms with Crippen LogP contribution in [0.25, 0.3) is 0 Å². The monoisotopic (exact) mass is 298 g/mol. The van der Waals surface area contributed by atoms with E-state index in [0.717, 1.165) is 5.56 Å². The number of carbonyl (C=O) groups excluding carboxylic acids is 1. The van der Waals surface area contributed by atoms with E-state index < -0.39 is 15.9 Å². The highest BCUT2D eigenvalue weighted by molar-refractivity contribution is 8.00. The smallest absolute Gasteiger partial charge is 0.264 e. The molecule has 0 saturated heterocycles. The Kier molecular flexibility index (Phi) is 5.86. The first kappa shape index (κ1) is 15.5. The summed E-state index contributed by atoms with van der Waals surface area (Å²) in [6.45, 7) is 1.85. The van der Waals surface area contributed by atoms with Gasteiger partial charge in [0.15, 0.2) is 0 Å². The molecule has 0 bridgehead atoms. The van der Waals surface area contributed by atoms with Crippen molar-refractivity contribution in [2.75, 3.05) is 11.5 Å². The average molecular weight is 298 g/mol. The fourth-order valence-corrected chi connectivity index (χ4v) is 2.95. The summed E-state index contributed by atoms with van der Waals surface area (Å²) in [7, 11) is -3.80. The number of sulfonamides is 1. The van der Waals surface area contributed by atoms with E-state index in [2.05, 4.69) is 0 Å². The van der Waals surface area contributed by atoms with Crippen molar-refractivity contribution >= 4 is 27.7 Å². The van der Waals surface area contributed by atoms with Crippen LogP contribution in [0.5, 0.6) is 0 Å². The highest BCUT2D eigenvalue weighted by atomic mass is 32.2. The first-order valence-corrected chi connectivity index (χ1v) is 8.16. The Balaban J connectivity index is 2.57. The Hall–Kier alpha value is -1.52. The molecule has 0 saturated carbocycles. The van der Waals surface area contributed by atoms with E-state index in [-0.39, 0.29) is 10.6 Å². The summed E-state index contributed by atoms with van der Waals surface area (Å²) in [5, 5.41) is 8.33. The van der Waals surface area contributed by atoms with Crippen molar-refractivity contribution in [3.05, 3.63) is 29.8 Å². The number of nitrogens with zero attached hydrogens (tertiary/aromatic N) is 1. The summed E-state index contributed by atoms with van der Waals surface area (Å²) in [5.74, 6) is -0.0510. The third kappa shape index (κ3) is 5.32. The summed E-state index contributed by atoms with van der Waals surface area (Å²) in [4.78, 5) is 11.5. The van der Waals surface area contributed by atoms with E-state index in [9.17, 15) is 13.2 Å². The lowest BCUT2D eigenvalue weighted by atomic mass is 10.2. The van der Waals surface area contributed by atoms with Gasteiger partial charge in [0.05, 0.1) is 16.7 Å². The van der Waals surface area contributed by atoms with Crippen molar-refractivity contribution < 1.29 is 13.2 Å². The highest BCUT2D eigenvalue weighted by Crippen LogP contribution is 2.10. The Labute approximate surface area is 117 Å². The molecule has 0 atom stereocenters. The van der Waals surface area contributed by atoms with Gasteiger partial charge < -0.3 is 0 Å². The van der Waals surface area contributed by atoms with Gasteiger partial charge in [-0.15, -0.1) is 0 Å². The van der Waals surface area contributed by atoms with Crippen molar-refractivity contribution in [3.63, 3.8) is 0 Å². The molecule has 1 N–H and O–H groups in total. The van der Waals surface area contributed by atoms with Crippen LogP contribution in [-0.2, 0) is 14.8 Å². The summed E-state index contributed by atoms with van der Waals surface area (Å²) in [6, 6.07) is 8.19. The molecular formula is C12H14N2O3S2. The van der Waals surface area contributed by atoms with E-state index in [4.69, 9.17) is 5.26 Å². The SMILES string of the molecule is Cc1ccc(S(=O)(=O)NC(=O)CSCCC#N)cc1. The van der Waals surface area contributed by atoms with E-state index in [0.29, 0.717) is 12.2 Å². The Morgan fingerprint density at radius 3 is 2.58 bits per heavy atom. The normalized spacial score (nSPS) is 10.7. The van der Waals surface area contributed by atoms with Crippen LogP contribution in [0, 0.1) is 18.3 Å². The highest BCUT2D eigenvalue weighted by Gasteiger charge is 2.16. The van der Waals surface area contributed by atoms with Gasteiger partial charge >= 0.3 is 0 Å². The summed E-state index contributed by atoms with van der Waals surface area (Å²) < 4.78 is 25.7. The quantitative estimate of drug-likeness (QED) is 0.803. The van der Waals surface area contributed by atoms with E-state index in [1.54, 1.807) is 12.1 Å². The lowest BCUT2D eigenvalue weighted by molar-refractivity contribution is -0.116. The van der Waals surface area contributed by atoms with Crippen LogP contribution in [0.15, 0.2) is 29.2 Å². The molecule has 0 radical (unpaired) electrons. The topological polar surface area (TPSA) is 87.0 Å². The number of hydrogen-bond donors (Lipinski definition) is 1. The molecule has 0 aliphatic carbocycles. The maximum atomic E-state index is 11.8. The molecule has 1 aromatic carbocycles. The zero-order valence-electron chi connectivity index (χ0n) is 10.4. The summed E-state index contributed by atoms with van der Waals surface area (Å²) in [5.41, 5.74) is 0.942. The number of benzene rings is 1. The number of nitriles is 1. The van der Waals surface area contributed by atoms with Crippen molar-refractivity contribution in [3.8, 4) is 6.07 Å².